The normalized spacial score (nSPS) is 10.2. The Hall–Kier alpha value is -1.92. The van der Waals surface area contributed by atoms with Gasteiger partial charge in [-0.1, -0.05) is 0 Å². The fraction of sp³-hybridized carbons (Fsp3) is 0. The number of aromatic amines is 1. The summed E-state index contributed by atoms with van der Waals surface area (Å²) in [6, 6.07) is 0. The summed E-state index contributed by atoms with van der Waals surface area (Å²) in [7, 11) is 0. The topological polar surface area (TPSA) is 94.5 Å². The molecule has 1 N–H and O–H groups in total. The standard InChI is InChI=1S/C4H3N5O2/c10-9-4(2-6-11-9)3-1-5-8-7-3/h1-2H,(H,5,7,8). The van der Waals surface area contributed by atoms with E-state index >= 15 is 0 Å². The van der Waals surface area contributed by atoms with Crippen molar-refractivity contribution in [2.45, 2.75) is 0 Å². The lowest BCUT2D eigenvalue weighted by atomic mass is 10.4. The van der Waals surface area contributed by atoms with Gasteiger partial charge in [0.25, 0.3) is 0 Å². The van der Waals surface area contributed by atoms with Crippen molar-refractivity contribution in [3.05, 3.63) is 17.6 Å². The highest BCUT2D eigenvalue weighted by atomic mass is 16.8. The average Bonchev–Trinajstić information content (AvgIpc) is 2.55. The van der Waals surface area contributed by atoms with Crippen LogP contribution in [0.1, 0.15) is 0 Å². The van der Waals surface area contributed by atoms with Crippen LogP contribution in [0.3, 0.4) is 0 Å². The Morgan fingerprint density at radius 3 is 3.00 bits per heavy atom. The molecule has 2 rings (SSSR count). The minimum atomic E-state index is 0.235. The number of H-pyrrole nitrogens is 1. The van der Waals surface area contributed by atoms with Crippen LogP contribution in [0.5, 0.6) is 0 Å². The highest BCUT2D eigenvalue weighted by molar-refractivity contribution is 5.45. The van der Waals surface area contributed by atoms with Crippen LogP contribution in [0.25, 0.3) is 11.4 Å². The van der Waals surface area contributed by atoms with Crippen molar-refractivity contribution in [3.63, 3.8) is 0 Å². The van der Waals surface area contributed by atoms with Gasteiger partial charge in [0.2, 0.25) is 11.9 Å². The van der Waals surface area contributed by atoms with Crippen molar-refractivity contribution in [1.82, 2.24) is 20.6 Å². The summed E-state index contributed by atoms with van der Waals surface area (Å²) < 4.78 is 4.22. The lowest BCUT2D eigenvalue weighted by Crippen LogP contribution is -2.25. The quantitative estimate of drug-likeness (QED) is 0.535. The second-order valence-corrected chi connectivity index (χ2v) is 1.81. The summed E-state index contributed by atoms with van der Waals surface area (Å²) in [5, 5.41) is 23.5. The van der Waals surface area contributed by atoms with Gasteiger partial charge in [0.15, 0.2) is 5.69 Å². The maximum atomic E-state index is 10.7. The smallest absolute Gasteiger partial charge is 0.247 e. The predicted octanol–water partition coefficient (Wildman–Crippen LogP) is -0.907. The number of aromatic nitrogens is 5. The van der Waals surface area contributed by atoms with Gasteiger partial charge in [0, 0.05) is 5.16 Å². The first-order chi connectivity index (χ1) is 5.38. The number of nitrogens with one attached hydrogen (secondary N) is 1. The molecule has 0 aliphatic rings. The summed E-state index contributed by atoms with van der Waals surface area (Å²) >= 11 is 0. The first kappa shape index (κ1) is 5.83. The predicted molar refractivity (Wildman–Crippen MR) is 30.8 cm³/mol. The van der Waals surface area contributed by atoms with E-state index in [4.69, 9.17) is 0 Å². The molecule has 2 heterocycles. The van der Waals surface area contributed by atoms with Crippen LogP contribution < -0.4 is 4.90 Å². The molecule has 56 valence electrons. The molecule has 0 aliphatic carbocycles. The van der Waals surface area contributed by atoms with Crippen molar-refractivity contribution in [2.75, 3.05) is 0 Å². The maximum absolute atomic E-state index is 10.7. The molecule has 0 fully saturated rings. The van der Waals surface area contributed by atoms with E-state index in [0.29, 0.717) is 5.69 Å². The summed E-state index contributed by atoms with van der Waals surface area (Å²) in [6.45, 7) is 0. The molecule has 0 bridgehead atoms. The van der Waals surface area contributed by atoms with Gasteiger partial charge in [-0.15, -0.1) is 0 Å². The molecule has 0 aromatic carbocycles. The molecule has 7 nitrogen and oxygen atoms in total. The highest BCUT2D eigenvalue weighted by Crippen LogP contribution is 2.06. The Morgan fingerprint density at radius 2 is 2.45 bits per heavy atom. The zero-order valence-electron chi connectivity index (χ0n) is 5.26. The van der Waals surface area contributed by atoms with Crippen LogP contribution in [0.4, 0.5) is 0 Å². The van der Waals surface area contributed by atoms with Crippen molar-refractivity contribution in [2.24, 2.45) is 0 Å². The van der Waals surface area contributed by atoms with E-state index in [1.165, 1.54) is 12.4 Å². The number of nitrogens with zero attached hydrogens (tertiary/aromatic N) is 4. The van der Waals surface area contributed by atoms with Gasteiger partial charge in [0.05, 0.1) is 6.20 Å². The lowest BCUT2D eigenvalue weighted by Gasteiger charge is -1.86. The molecular formula is C4H3N5O2. The van der Waals surface area contributed by atoms with Gasteiger partial charge >= 0.3 is 0 Å². The van der Waals surface area contributed by atoms with Crippen LogP contribution in [-0.2, 0) is 0 Å². The minimum absolute atomic E-state index is 0.235. The summed E-state index contributed by atoms with van der Waals surface area (Å²) in [6.07, 6.45) is 2.67. The Kier molecular flexibility index (Phi) is 1.08. The molecule has 7 heteroatoms. The van der Waals surface area contributed by atoms with E-state index in [-0.39, 0.29) is 10.6 Å². The molecule has 0 saturated heterocycles. The Balaban J connectivity index is 2.53. The van der Waals surface area contributed by atoms with Crippen LogP contribution >= 0.6 is 0 Å². The van der Waals surface area contributed by atoms with E-state index in [2.05, 4.69) is 25.2 Å². The van der Waals surface area contributed by atoms with E-state index < -0.39 is 0 Å². The minimum Gasteiger partial charge on any atom is -0.359 e. The van der Waals surface area contributed by atoms with Crippen molar-refractivity contribution < 1.29 is 9.53 Å². The SMILES string of the molecule is [O-][n+]1oncc1-c1cn[nH]n1. The van der Waals surface area contributed by atoms with Crippen molar-refractivity contribution in [1.29, 1.82) is 0 Å². The van der Waals surface area contributed by atoms with Crippen LogP contribution in [0.15, 0.2) is 17.0 Å². The molecule has 0 amide bonds. The third-order valence-electron chi connectivity index (χ3n) is 1.17. The zero-order valence-corrected chi connectivity index (χ0v) is 5.26. The molecule has 11 heavy (non-hydrogen) atoms. The first-order valence-corrected chi connectivity index (χ1v) is 2.79. The molecule has 0 atom stereocenters. The van der Waals surface area contributed by atoms with E-state index in [1.54, 1.807) is 0 Å². The molecule has 2 aromatic rings. The largest absolute Gasteiger partial charge is 0.359 e. The van der Waals surface area contributed by atoms with Gasteiger partial charge in [-0.25, -0.2) is 0 Å². The Bertz CT molecular complexity index is 339. The second kappa shape index (κ2) is 2.04. The van der Waals surface area contributed by atoms with E-state index in [0.717, 1.165) is 0 Å². The molecule has 0 aliphatic heterocycles. The average molecular weight is 153 g/mol. The molecule has 0 saturated carbocycles. The number of hydrogen-bond acceptors (Lipinski definition) is 5. The van der Waals surface area contributed by atoms with E-state index in [1.807, 2.05) is 0 Å². The summed E-state index contributed by atoms with van der Waals surface area (Å²) in [5.41, 5.74) is 0.639. The lowest BCUT2D eigenvalue weighted by molar-refractivity contribution is -0.793. The maximum Gasteiger partial charge on any atom is 0.247 e. The molecular weight excluding hydrogens is 150 g/mol. The second-order valence-electron chi connectivity index (χ2n) is 1.81. The molecule has 2 aromatic heterocycles. The summed E-state index contributed by atoms with van der Waals surface area (Å²) in [4.78, 5) is 0.262. The van der Waals surface area contributed by atoms with Gasteiger partial charge in [-0.3, -0.25) is 4.63 Å². The molecule has 0 unspecified atom stereocenters. The fourth-order valence-corrected chi connectivity index (χ4v) is 0.692. The van der Waals surface area contributed by atoms with Gasteiger partial charge in [-0.2, -0.15) is 15.4 Å². The van der Waals surface area contributed by atoms with Crippen molar-refractivity contribution >= 4 is 0 Å². The van der Waals surface area contributed by atoms with Gasteiger partial charge in [-0.05, 0) is 4.90 Å². The molecule has 0 spiro atoms. The number of hydrogen-bond donors (Lipinski definition) is 1. The third kappa shape index (κ3) is 0.820. The third-order valence-corrected chi connectivity index (χ3v) is 1.17. The summed E-state index contributed by atoms with van der Waals surface area (Å²) in [5.74, 6) is 0. The first-order valence-electron chi connectivity index (χ1n) is 2.79. The van der Waals surface area contributed by atoms with Crippen LogP contribution in [-0.4, -0.2) is 20.6 Å². The van der Waals surface area contributed by atoms with E-state index in [9.17, 15) is 5.21 Å². The van der Waals surface area contributed by atoms with Gasteiger partial charge in [0.1, 0.15) is 0 Å². The van der Waals surface area contributed by atoms with Crippen molar-refractivity contribution in [3.8, 4) is 11.4 Å². The highest BCUT2D eigenvalue weighted by Gasteiger charge is 2.11. The molecule has 0 radical (unpaired) electrons. The zero-order chi connectivity index (χ0) is 7.68. The van der Waals surface area contributed by atoms with Gasteiger partial charge < -0.3 is 5.21 Å². The Morgan fingerprint density at radius 1 is 1.55 bits per heavy atom. The fourth-order valence-electron chi connectivity index (χ4n) is 0.692. The van der Waals surface area contributed by atoms with Crippen LogP contribution in [0.2, 0.25) is 0 Å². The van der Waals surface area contributed by atoms with Crippen LogP contribution in [0, 0.1) is 5.21 Å². The monoisotopic (exact) mass is 153 g/mol. The number of rotatable bonds is 1. The Labute approximate surface area is 60.2 Å².